The molecule has 2 rings (SSSR count). The normalized spacial score (nSPS) is 11.0. The fourth-order valence-electron chi connectivity index (χ4n) is 1.83. The summed E-state index contributed by atoms with van der Waals surface area (Å²) in [6.45, 7) is 4.10. The lowest BCUT2D eigenvalue weighted by Crippen LogP contribution is -2.08. The SMILES string of the molecule is CCCNc1nc(-c2ccc(C(F)F)cc2)nc(C)c1F. The molecule has 0 amide bonds. The van der Waals surface area contributed by atoms with Gasteiger partial charge in [0.1, 0.15) is 0 Å². The van der Waals surface area contributed by atoms with Crippen molar-refractivity contribution < 1.29 is 13.2 Å². The molecule has 1 N–H and O–H groups in total. The van der Waals surface area contributed by atoms with Crippen molar-refractivity contribution in [2.75, 3.05) is 11.9 Å². The molecule has 0 aliphatic carbocycles. The number of nitrogens with zero attached hydrogens (tertiary/aromatic N) is 2. The van der Waals surface area contributed by atoms with E-state index in [1.165, 1.54) is 24.3 Å². The maximum absolute atomic E-state index is 13.9. The Kier molecular flexibility index (Phi) is 4.77. The van der Waals surface area contributed by atoms with Crippen LogP contribution in [0, 0.1) is 12.7 Å². The molecule has 0 radical (unpaired) electrons. The van der Waals surface area contributed by atoms with Gasteiger partial charge in [0.05, 0.1) is 5.69 Å². The van der Waals surface area contributed by atoms with Crippen LogP contribution >= 0.6 is 0 Å². The Balaban J connectivity index is 2.36. The lowest BCUT2D eigenvalue weighted by atomic mass is 10.1. The minimum Gasteiger partial charge on any atom is -0.368 e. The van der Waals surface area contributed by atoms with Gasteiger partial charge in [-0.1, -0.05) is 31.2 Å². The van der Waals surface area contributed by atoms with Gasteiger partial charge in [-0.25, -0.2) is 23.1 Å². The average molecular weight is 295 g/mol. The molecular weight excluding hydrogens is 279 g/mol. The van der Waals surface area contributed by atoms with Crippen LogP contribution in [0.25, 0.3) is 11.4 Å². The van der Waals surface area contributed by atoms with Crippen molar-refractivity contribution in [1.82, 2.24) is 9.97 Å². The van der Waals surface area contributed by atoms with Crippen molar-refractivity contribution in [3.05, 3.63) is 41.3 Å². The van der Waals surface area contributed by atoms with Gasteiger partial charge in [-0.15, -0.1) is 0 Å². The molecule has 3 nitrogen and oxygen atoms in total. The first-order chi connectivity index (χ1) is 10.0. The van der Waals surface area contributed by atoms with E-state index in [0.29, 0.717) is 17.9 Å². The molecule has 1 aromatic carbocycles. The van der Waals surface area contributed by atoms with Gasteiger partial charge in [-0.2, -0.15) is 0 Å². The van der Waals surface area contributed by atoms with Crippen LogP contribution in [0.5, 0.6) is 0 Å². The summed E-state index contributed by atoms with van der Waals surface area (Å²) in [7, 11) is 0. The van der Waals surface area contributed by atoms with Gasteiger partial charge in [0.2, 0.25) is 0 Å². The molecule has 1 heterocycles. The molecule has 112 valence electrons. The molecule has 0 aliphatic heterocycles. The lowest BCUT2D eigenvalue weighted by molar-refractivity contribution is 0.151. The number of hydrogen-bond donors (Lipinski definition) is 1. The average Bonchev–Trinajstić information content (AvgIpc) is 2.48. The smallest absolute Gasteiger partial charge is 0.263 e. The lowest BCUT2D eigenvalue weighted by Gasteiger charge is -2.10. The highest BCUT2D eigenvalue weighted by molar-refractivity contribution is 5.58. The number of aromatic nitrogens is 2. The molecule has 0 fully saturated rings. The third kappa shape index (κ3) is 3.51. The van der Waals surface area contributed by atoms with Crippen molar-refractivity contribution in [3.8, 4) is 11.4 Å². The number of nitrogens with one attached hydrogen (secondary N) is 1. The number of aryl methyl sites for hydroxylation is 1. The number of hydrogen-bond acceptors (Lipinski definition) is 3. The Labute approximate surface area is 121 Å². The minimum absolute atomic E-state index is 0.0677. The summed E-state index contributed by atoms with van der Waals surface area (Å²) in [5.74, 6) is -0.0398. The number of alkyl halides is 2. The molecule has 0 aliphatic rings. The molecule has 0 saturated carbocycles. The second-order valence-electron chi connectivity index (χ2n) is 4.64. The van der Waals surface area contributed by atoms with Crippen LogP contribution in [0.15, 0.2) is 24.3 Å². The molecule has 1 aromatic heterocycles. The van der Waals surface area contributed by atoms with Gasteiger partial charge in [-0.05, 0) is 13.3 Å². The van der Waals surface area contributed by atoms with Crippen LogP contribution in [0.4, 0.5) is 19.0 Å². The Morgan fingerprint density at radius 2 is 1.81 bits per heavy atom. The second kappa shape index (κ2) is 6.56. The highest BCUT2D eigenvalue weighted by atomic mass is 19.3. The minimum atomic E-state index is -2.52. The third-order valence-electron chi connectivity index (χ3n) is 2.98. The molecule has 0 bridgehead atoms. The predicted octanol–water partition coefficient (Wildman–Crippen LogP) is 4.35. The number of anilines is 1. The van der Waals surface area contributed by atoms with E-state index < -0.39 is 12.2 Å². The van der Waals surface area contributed by atoms with Gasteiger partial charge in [0, 0.05) is 17.7 Å². The van der Waals surface area contributed by atoms with Gasteiger partial charge < -0.3 is 5.32 Å². The molecule has 21 heavy (non-hydrogen) atoms. The van der Waals surface area contributed by atoms with Gasteiger partial charge in [0.15, 0.2) is 17.5 Å². The van der Waals surface area contributed by atoms with E-state index in [1.54, 1.807) is 6.92 Å². The maximum atomic E-state index is 13.9. The summed E-state index contributed by atoms with van der Waals surface area (Å²) < 4.78 is 39.0. The van der Waals surface area contributed by atoms with Gasteiger partial charge in [-0.3, -0.25) is 0 Å². The fraction of sp³-hybridized carbons (Fsp3) is 0.333. The van der Waals surface area contributed by atoms with Crippen LogP contribution in [0.1, 0.15) is 31.0 Å². The van der Waals surface area contributed by atoms with E-state index in [4.69, 9.17) is 0 Å². The maximum Gasteiger partial charge on any atom is 0.263 e. The van der Waals surface area contributed by atoms with Crippen molar-refractivity contribution >= 4 is 5.82 Å². The first-order valence-corrected chi connectivity index (χ1v) is 6.69. The van der Waals surface area contributed by atoms with E-state index in [0.717, 1.165) is 6.42 Å². The molecule has 2 aromatic rings. The van der Waals surface area contributed by atoms with E-state index in [1.807, 2.05) is 6.92 Å². The summed E-state index contributed by atoms with van der Waals surface area (Å²) in [6, 6.07) is 5.66. The van der Waals surface area contributed by atoms with Gasteiger partial charge >= 0.3 is 0 Å². The molecule has 0 spiro atoms. The van der Waals surface area contributed by atoms with Crippen LogP contribution in [-0.4, -0.2) is 16.5 Å². The largest absolute Gasteiger partial charge is 0.368 e. The summed E-state index contributed by atoms with van der Waals surface area (Å²) >= 11 is 0. The molecule has 0 unspecified atom stereocenters. The van der Waals surface area contributed by atoms with Gasteiger partial charge in [0.25, 0.3) is 6.43 Å². The molecule has 6 heteroatoms. The zero-order chi connectivity index (χ0) is 15.4. The Hall–Kier alpha value is -2.11. The summed E-state index contributed by atoms with van der Waals surface area (Å²) in [5, 5.41) is 2.90. The second-order valence-corrected chi connectivity index (χ2v) is 4.64. The molecular formula is C15H16F3N3. The van der Waals surface area contributed by atoms with E-state index in [9.17, 15) is 13.2 Å². The van der Waals surface area contributed by atoms with E-state index in [2.05, 4.69) is 15.3 Å². The first kappa shape index (κ1) is 15.3. The summed E-state index contributed by atoms with van der Waals surface area (Å²) in [5.41, 5.74) is 0.723. The quantitative estimate of drug-likeness (QED) is 0.891. The third-order valence-corrected chi connectivity index (χ3v) is 2.98. The van der Waals surface area contributed by atoms with Crippen LogP contribution in [0.2, 0.25) is 0 Å². The number of rotatable bonds is 5. The Bertz CT molecular complexity index is 612. The number of benzene rings is 1. The zero-order valence-electron chi connectivity index (χ0n) is 11.8. The van der Waals surface area contributed by atoms with Crippen molar-refractivity contribution in [2.24, 2.45) is 0 Å². The van der Waals surface area contributed by atoms with Crippen LogP contribution in [0.3, 0.4) is 0 Å². The fourth-order valence-corrected chi connectivity index (χ4v) is 1.83. The Morgan fingerprint density at radius 1 is 1.14 bits per heavy atom. The number of halogens is 3. The molecule has 0 atom stereocenters. The summed E-state index contributed by atoms with van der Waals surface area (Å²) in [4.78, 5) is 8.20. The first-order valence-electron chi connectivity index (χ1n) is 6.69. The highest BCUT2D eigenvalue weighted by Crippen LogP contribution is 2.24. The van der Waals surface area contributed by atoms with Crippen LogP contribution < -0.4 is 5.32 Å². The zero-order valence-corrected chi connectivity index (χ0v) is 11.8. The van der Waals surface area contributed by atoms with Crippen molar-refractivity contribution in [3.63, 3.8) is 0 Å². The summed E-state index contributed by atoms with van der Waals surface area (Å²) in [6.07, 6.45) is -1.68. The van der Waals surface area contributed by atoms with Crippen molar-refractivity contribution in [1.29, 1.82) is 0 Å². The highest BCUT2D eigenvalue weighted by Gasteiger charge is 2.13. The predicted molar refractivity (Wildman–Crippen MR) is 75.9 cm³/mol. The van der Waals surface area contributed by atoms with E-state index in [-0.39, 0.29) is 17.1 Å². The monoisotopic (exact) mass is 295 g/mol. The van der Waals surface area contributed by atoms with E-state index >= 15 is 0 Å². The molecule has 0 saturated heterocycles. The topological polar surface area (TPSA) is 37.8 Å². The van der Waals surface area contributed by atoms with Crippen molar-refractivity contribution in [2.45, 2.75) is 26.7 Å². The standard InChI is InChI=1S/C15H16F3N3/c1-3-8-19-15-12(16)9(2)20-14(21-15)11-6-4-10(5-7-11)13(17)18/h4-7,13H,3,8H2,1-2H3,(H,19,20,21). The Morgan fingerprint density at radius 3 is 2.38 bits per heavy atom. The van der Waals surface area contributed by atoms with Crippen LogP contribution in [-0.2, 0) is 0 Å².